The van der Waals surface area contributed by atoms with Crippen LogP contribution in [0.25, 0.3) is 0 Å². The van der Waals surface area contributed by atoms with Crippen molar-refractivity contribution in [2.75, 3.05) is 32.6 Å². The third-order valence-electron chi connectivity index (χ3n) is 4.54. The summed E-state index contributed by atoms with van der Waals surface area (Å²) in [5.41, 5.74) is 1.59. The second kappa shape index (κ2) is 10.8. The predicted octanol–water partition coefficient (Wildman–Crippen LogP) is 3.73. The van der Waals surface area contributed by atoms with E-state index in [1.807, 2.05) is 30.3 Å². The lowest BCUT2D eigenvalue weighted by Crippen LogP contribution is -2.41. The molecule has 0 unspecified atom stereocenters. The van der Waals surface area contributed by atoms with Gasteiger partial charge in [-0.25, -0.2) is 0 Å². The van der Waals surface area contributed by atoms with Crippen LogP contribution >= 0.6 is 11.6 Å². The van der Waals surface area contributed by atoms with Crippen LogP contribution in [0.5, 0.6) is 5.75 Å². The molecule has 0 aliphatic carbocycles. The first kappa shape index (κ1) is 22.7. The molecule has 0 spiro atoms. The van der Waals surface area contributed by atoms with Crippen molar-refractivity contribution in [2.24, 2.45) is 5.92 Å². The summed E-state index contributed by atoms with van der Waals surface area (Å²) in [7, 11) is 3.11. The zero-order valence-electron chi connectivity index (χ0n) is 17.2. The molecule has 2 rings (SSSR count). The van der Waals surface area contributed by atoms with Crippen molar-refractivity contribution in [2.45, 2.75) is 19.9 Å². The summed E-state index contributed by atoms with van der Waals surface area (Å²) in [6.07, 6.45) is 0. The molecule has 0 aliphatic rings. The van der Waals surface area contributed by atoms with E-state index in [4.69, 9.17) is 16.3 Å². The summed E-state index contributed by atoms with van der Waals surface area (Å²) >= 11 is 5.98. The number of carbonyl (C=O) groups is 2. The normalized spacial score (nSPS) is 11.8. The quantitative estimate of drug-likeness (QED) is 0.652. The molecule has 0 saturated heterocycles. The molecule has 2 aromatic carbocycles. The molecule has 2 amide bonds. The fraction of sp³-hybridized carbons (Fsp3) is 0.364. The Morgan fingerprint density at radius 2 is 1.83 bits per heavy atom. The summed E-state index contributed by atoms with van der Waals surface area (Å²) in [6.45, 7) is 4.27. The third kappa shape index (κ3) is 6.76. The van der Waals surface area contributed by atoms with Crippen molar-refractivity contribution in [3.63, 3.8) is 0 Å². The molecular weight excluding hydrogens is 390 g/mol. The molecule has 2 N–H and O–H groups in total. The van der Waals surface area contributed by atoms with Gasteiger partial charge in [-0.15, -0.1) is 0 Å². The molecule has 156 valence electrons. The van der Waals surface area contributed by atoms with E-state index in [-0.39, 0.29) is 30.9 Å². The molecule has 1 atom stereocenters. The van der Waals surface area contributed by atoms with Crippen LogP contribution in [0.2, 0.25) is 5.02 Å². The van der Waals surface area contributed by atoms with E-state index in [9.17, 15) is 9.59 Å². The Morgan fingerprint density at radius 1 is 1.14 bits per heavy atom. The number of ether oxygens (including phenoxy) is 1. The lowest BCUT2D eigenvalue weighted by molar-refractivity contribution is -0.132. The van der Waals surface area contributed by atoms with E-state index in [1.165, 1.54) is 12.0 Å². The maximum Gasteiger partial charge on any atom is 0.244 e. The summed E-state index contributed by atoms with van der Waals surface area (Å²) < 4.78 is 5.22. The average molecular weight is 418 g/mol. The van der Waals surface area contributed by atoms with E-state index >= 15 is 0 Å². The maximum atomic E-state index is 12.5. The number of halogens is 1. The third-order valence-corrected chi connectivity index (χ3v) is 4.78. The Hall–Kier alpha value is -2.57. The summed E-state index contributed by atoms with van der Waals surface area (Å²) in [4.78, 5) is 26.2. The molecule has 7 heteroatoms. The van der Waals surface area contributed by atoms with Crippen molar-refractivity contribution < 1.29 is 14.3 Å². The summed E-state index contributed by atoms with van der Waals surface area (Å²) in [5, 5.41) is 6.52. The largest absolute Gasteiger partial charge is 0.495 e. The number of rotatable bonds is 9. The predicted molar refractivity (Wildman–Crippen MR) is 116 cm³/mol. The zero-order valence-corrected chi connectivity index (χ0v) is 18.0. The Bertz CT molecular complexity index is 827. The molecular formula is C22H28ClN3O3. The maximum absolute atomic E-state index is 12.5. The monoisotopic (exact) mass is 417 g/mol. The molecule has 0 heterocycles. The van der Waals surface area contributed by atoms with Gasteiger partial charge in [0.2, 0.25) is 11.8 Å². The number of benzene rings is 2. The van der Waals surface area contributed by atoms with Crippen LogP contribution < -0.4 is 15.4 Å². The molecule has 0 aromatic heterocycles. The first-order valence-electron chi connectivity index (χ1n) is 9.47. The van der Waals surface area contributed by atoms with Crippen LogP contribution in [0.1, 0.15) is 25.5 Å². The molecule has 2 aromatic rings. The van der Waals surface area contributed by atoms with Gasteiger partial charge in [-0.05, 0) is 29.7 Å². The zero-order chi connectivity index (χ0) is 21.4. The average Bonchev–Trinajstić information content (AvgIpc) is 2.68. The van der Waals surface area contributed by atoms with E-state index in [1.54, 1.807) is 25.2 Å². The van der Waals surface area contributed by atoms with Crippen LogP contribution in [-0.4, -0.2) is 44.0 Å². The second-order valence-corrected chi connectivity index (χ2v) is 7.59. The van der Waals surface area contributed by atoms with Crippen LogP contribution in [0.15, 0.2) is 48.5 Å². The van der Waals surface area contributed by atoms with Gasteiger partial charge in [-0.2, -0.15) is 0 Å². The number of nitrogens with zero attached hydrogens (tertiary/aromatic N) is 1. The summed E-state index contributed by atoms with van der Waals surface area (Å²) in [5.74, 6) is 0.319. The summed E-state index contributed by atoms with van der Waals surface area (Å²) in [6, 6.07) is 15.0. The van der Waals surface area contributed by atoms with Crippen molar-refractivity contribution in [1.82, 2.24) is 10.2 Å². The van der Waals surface area contributed by atoms with Gasteiger partial charge in [-0.1, -0.05) is 55.8 Å². The Kier molecular flexibility index (Phi) is 8.49. The van der Waals surface area contributed by atoms with Gasteiger partial charge in [0, 0.05) is 18.1 Å². The Balaban J connectivity index is 1.91. The van der Waals surface area contributed by atoms with Crippen molar-refractivity contribution in [3.8, 4) is 5.75 Å². The van der Waals surface area contributed by atoms with Crippen LogP contribution in [0.4, 0.5) is 5.69 Å². The van der Waals surface area contributed by atoms with E-state index in [0.717, 1.165) is 5.56 Å². The van der Waals surface area contributed by atoms with Crippen LogP contribution in [-0.2, 0) is 9.59 Å². The first-order valence-corrected chi connectivity index (χ1v) is 9.85. The first-order chi connectivity index (χ1) is 13.8. The lowest BCUT2D eigenvalue weighted by Gasteiger charge is -2.24. The fourth-order valence-electron chi connectivity index (χ4n) is 3.00. The number of methoxy groups -OCH3 is 1. The van der Waals surface area contributed by atoms with Gasteiger partial charge < -0.3 is 20.3 Å². The highest BCUT2D eigenvalue weighted by Crippen LogP contribution is 2.27. The number of likely N-dealkylation sites (N-methyl/N-ethyl adjacent to an activating group) is 1. The fourth-order valence-corrected chi connectivity index (χ4v) is 3.17. The van der Waals surface area contributed by atoms with Gasteiger partial charge in [0.1, 0.15) is 5.75 Å². The number of hydrogen-bond acceptors (Lipinski definition) is 4. The molecule has 0 bridgehead atoms. The minimum absolute atomic E-state index is 0.0538. The number of amides is 2. The molecule has 0 aliphatic heterocycles. The smallest absolute Gasteiger partial charge is 0.244 e. The molecule has 0 radical (unpaired) electrons. The van der Waals surface area contributed by atoms with E-state index < -0.39 is 0 Å². The van der Waals surface area contributed by atoms with Gasteiger partial charge >= 0.3 is 0 Å². The molecule has 0 saturated carbocycles. The molecule has 6 nitrogen and oxygen atoms in total. The highest BCUT2D eigenvalue weighted by atomic mass is 35.5. The lowest BCUT2D eigenvalue weighted by atomic mass is 9.96. The van der Waals surface area contributed by atoms with Gasteiger partial charge in [-0.3, -0.25) is 9.59 Å². The second-order valence-electron chi connectivity index (χ2n) is 7.16. The minimum atomic E-state index is -0.329. The van der Waals surface area contributed by atoms with Crippen LogP contribution in [0.3, 0.4) is 0 Å². The molecule has 29 heavy (non-hydrogen) atoms. The van der Waals surface area contributed by atoms with Crippen LogP contribution in [0, 0.1) is 5.92 Å². The highest BCUT2D eigenvalue weighted by molar-refractivity contribution is 6.31. The van der Waals surface area contributed by atoms with Crippen molar-refractivity contribution in [1.29, 1.82) is 0 Å². The standard InChI is InChI=1S/C22H28ClN3O3/c1-15(2)22(16-8-6-5-7-9-16)24-13-21(28)26(3)14-20(27)25-18-12-17(23)10-11-19(18)29-4/h5-12,15,22,24H,13-14H2,1-4H3,(H,25,27)/t22-/m1/s1. The van der Waals surface area contributed by atoms with Crippen molar-refractivity contribution >= 4 is 29.1 Å². The topological polar surface area (TPSA) is 70.7 Å². The Morgan fingerprint density at radius 3 is 2.45 bits per heavy atom. The van der Waals surface area contributed by atoms with Gasteiger partial charge in [0.05, 0.1) is 25.9 Å². The van der Waals surface area contributed by atoms with Gasteiger partial charge in [0.25, 0.3) is 0 Å². The van der Waals surface area contributed by atoms with Crippen molar-refractivity contribution in [3.05, 3.63) is 59.1 Å². The van der Waals surface area contributed by atoms with E-state index in [0.29, 0.717) is 22.4 Å². The number of carbonyl (C=O) groups excluding carboxylic acids is 2. The SMILES string of the molecule is COc1ccc(Cl)cc1NC(=O)CN(C)C(=O)CN[C@@H](c1ccccc1)C(C)C. The molecule has 0 fully saturated rings. The number of nitrogens with one attached hydrogen (secondary N) is 2. The highest BCUT2D eigenvalue weighted by Gasteiger charge is 2.19. The number of anilines is 1. The minimum Gasteiger partial charge on any atom is -0.495 e. The number of hydrogen-bond donors (Lipinski definition) is 2. The van der Waals surface area contributed by atoms with Gasteiger partial charge in [0.15, 0.2) is 0 Å². The van der Waals surface area contributed by atoms with E-state index in [2.05, 4.69) is 24.5 Å². The Labute approximate surface area is 177 Å².